The molecule has 0 saturated heterocycles. The summed E-state index contributed by atoms with van der Waals surface area (Å²) in [6.07, 6.45) is 9.68. The third-order valence-corrected chi connectivity index (χ3v) is 3.38. The van der Waals surface area contributed by atoms with Gasteiger partial charge in [0.05, 0.1) is 5.69 Å². The first-order valence-corrected chi connectivity index (χ1v) is 7.13. The van der Waals surface area contributed by atoms with Crippen molar-refractivity contribution in [3.63, 3.8) is 0 Å². The molecule has 120 valence electrons. The fourth-order valence-corrected chi connectivity index (χ4v) is 2.30. The zero-order valence-corrected chi connectivity index (χ0v) is 12.7. The number of hydrogen-bond acceptors (Lipinski definition) is 4. The number of fused-ring (bicyclic) bond motifs is 1. The predicted molar refractivity (Wildman–Crippen MR) is 89.1 cm³/mol. The Labute approximate surface area is 136 Å². The summed E-state index contributed by atoms with van der Waals surface area (Å²) < 4.78 is 15.4. The molecule has 0 fully saturated rings. The van der Waals surface area contributed by atoms with E-state index in [0.717, 1.165) is 0 Å². The van der Waals surface area contributed by atoms with Crippen molar-refractivity contribution in [3.8, 4) is 11.5 Å². The molecule has 0 amide bonds. The van der Waals surface area contributed by atoms with E-state index in [1.165, 1.54) is 18.3 Å². The van der Waals surface area contributed by atoms with Crippen molar-refractivity contribution in [3.05, 3.63) is 83.6 Å². The summed E-state index contributed by atoms with van der Waals surface area (Å²) >= 11 is 0. The van der Waals surface area contributed by atoms with Gasteiger partial charge < -0.3 is 9.38 Å². The van der Waals surface area contributed by atoms with E-state index >= 15 is 0 Å². The van der Waals surface area contributed by atoms with Crippen molar-refractivity contribution in [2.24, 2.45) is 0 Å². The summed E-state index contributed by atoms with van der Waals surface area (Å²) in [6.45, 7) is 6.91. The third kappa shape index (κ3) is 3.05. The van der Waals surface area contributed by atoms with Crippen molar-refractivity contribution in [2.45, 2.75) is 6.42 Å². The first-order chi connectivity index (χ1) is 11.6. The van der Waals surface area contributed by atoms with Crippen LogP contribution in [-0.2, 0) is 6.42 Å². The molecule has 7 heteroatoms. The van der Waals surface area contributed by atoms with Gasteiger partial charge in [-0.25, -0.2) is 19.3 Å². The maximum atomic E-state index is 13.6. The Morgan fingerprint density at radius 2 is 2.21 bits per heavy atom. The Kier molecular flexibility index (Phi) is 4.15. The lowest BCUT2D eigenvalue weighted by Gasteiger charge is -2.08. The summed E-state index contributed by atoms with van der Waals surface area (Å²) in [5.41, 5.74) is 1.66. The van der Waals surface area contributed by atoms with Crippen molar-refractivity contribution in [2.75, 3.05) is 0 Å². The average molecular weight is 323 g/mol. The Hall–Kier alpha value is -3.35. The second-order valence-corrected chi connectivity index (χ2v) is 5.02. The number of H-pyrrole nitrogens is 1. The quantitative estimate of drug-likeness (QED) is 0.732. The first-order valence-electron chi connectivity index (χ1n) is 7.13. The molecule has 0 aliphatic rings. The van der Waals surface area contributed by atoms with E-state index in [4.69, 9.17) is 0 Å². The van der Waals surface area contributed by atoms with Gasteiger partial charge in [-0.1, -0.05) is 25.3 Å². The van der Waals surface area contributed by atoms with Gasteiger partial charge in [-0.05, 0) is 5.57 Å². The van der Waals surface area contributed by atoms with Crippen LogP contribution in [0.5, 0.6) is 0 Å². The van der Waals surface area contributed by atoms with Crippen LogP contribution in [0.3, 0.4) is 0 Å². The van der Waals surface area contributed by atoms with Crippen LogP contribution in [0.2, 0.25) is 0 Å². The third-order valence-electron chi connectivity index (χ3n) is 3.38. The zero-order valence-electron chi connectivity index (χ0n) is 12.7. The molecule has 3 rings (SSSR count). The van der Waals surface area contributed by atoms with Gasteiger partial charge in [-0.15, -0.1) is 0 Å². The topological polar surface area (TPSA) is 75.9 Å². The van der Waals surface area contributed by atoms with Crippen LogP contribution in [0.25, 0.3) is 17.2 Å². The van der Waals surface area contributed by atoms with E-state index in [1.807, 2.05) is 0 Å². The predicted octanol–water partition coefficient (Wildman–Crippen LogP) is 2.62. The van der Waals surface area contributed by atoms with Crippen molar-refractivity contribution < 1.29 is 4.39 Å². The molecular weight excluding hydrogens is 309 g/mol. The Bertz CT molecular complexity index is 1010. The van der Waals surface area contributed by atoms with E-state index in [2.05, 4.69) is 33.1 Å². The number of allylic oxidation sites excluding steroid dienone is 4. The summed E-state index contributed by atoms with van der Waals surface area (Å²) in [4.78, 5) is 27.0. The monoisotopic (exact) mass is 323 g/mol. The molecule has 3 aromatic heterocycles. The summed E-state index contributed by atoms with van der Waals surface area (Å²) in [6, 6.07) is 1.32. The van der Waals surface area contributed by atoms with Gasteiger partial charge in [0.2, 0.25) is 0 Å². The van der Waals surface area contributed by atoms with Gasteiger partial charge >= 0.3 is 0 Å². The summed E-state index contributed by atoms with van der Waals surface area (Å²) in [5, 5.41) is 0. The molecule has 0 unspecified atom stereocenters. The molecule has 6 nitrogen and oxygen atoms in total. The number of nitrogens with zero attached hydrogens (tertiary/aromatic N) is 4. The lowest BCUT2D eigenvalue weighted by atomic mass is 10.1. The van der Waals surface area contributed by atoms with Crippen LogP contribution in [0.4, 0.5) is 4.39 Å². The van der Waals surface area contributed by atoms with E-state index in [1.54, 1.807) is 29.1 Å². The fraction of sp³-hybridized carbons (Fsp3) is 0.0588. The number of hydrogen-bond donors (Lipinski definition) is 1. The van der Waals surface area contributed by atoms with E-state index in [0.29, 0.717) is 28.4 Å². The Morgan fingerprint density at radius 1 is 1.38 bits per heavy atom. The van der Waals surface area contributed by atoms with E-state index in [-0.39, 0.29) is 12.0 Å². The van der Waals surface area contributed by atoms with E-state index < -0.39 is 5.83 Å². The number of nitrogens with one attached hydrogen (secondary N) is 1. The molecule has 0 radical (unpaired) electrons. The van der Waals surface area contributed by atoms with E-state index in [9.17, 15) is 9.18 Å². The van der Waals surface area contributed by atoms with Crippen LogP contribution >= 0.6 is 0 Å². The molecule has 0 saturated carbocycles. The second-order valence-electron chi connectivity index (χ2n) is 5.02. The molecule has 0 bridgehead atoms. The normalized spacial score (nSPS) is 11.6. The van der Waals surface area contributed by atoms with Crippen LogP contribution in [0, 0.1) is 0 Å². The highest BCUT2D eigenvalue weighted by molar-refractivity contribution is 5.55. The number of halogens is 1. The van der Waals surface area contributed by atoms with Gasteiger partial charge in [0.15, 0.2) is 11.5 Å². The van der Waals surface area contributed by atoms with Gasteiger partial charge in [0, 0.05) is 37.3 Å². The molecule has 0 aliphatic heterocycles. The molecular formula is C17H14FN5O. The van der Waals surface area contributed by atoms with Crippen molar-refractivity contribution in [1.82, 2.24) is 24.3 Å². The smallest absolute Gasteiger partial charge is 0.251 e. The van der Waals surface area contributed by atoms with Gasteiger partial charge in [-0.2, -0.15) is 0 Å². The van der Waals surface area contributed by atoms with Gasteiger partial charge in [-0.3, -0.25) is 4.79 Å². The maximum absolute atomic E-state index is 13.6. The van der Waals surface area contributed by atoms with Gasteiger partial charge in [0.25, 0.3) is 5.56 Å². The number of aromatic amines is 1. The molecule has 0 atom stereocenters. The average Bonchev–Trinajstić information content (AvgIpc) is 3.03. The minimum Gasteiger partial charge on any atom is -0.305 e. The lowest BCUT2D eigenvalue weighted by molar-refractivity contribution is 0.648. The molecule has 3 heterocycles. The molecule has 0 aromatic carbocycles. The van der Waals surface area contributed by atoms with Crippen LogP contribution in [0.15, 0.2) is 72.4 Å². The Morgan fingerprint density at radius 3 is 2.92 bits per heavy atom. The highest BCUT2D eigenvalue weighted by Gasteiger charge is 2.13. The van der Waals surface area contributed by atoms with Gasteiger partial charge in [0.1, 0.15) is 11.5 Å². The van der Waals surface area contributed by atoms with Crippen molar-refractivity contribution in [1.29, 1.82) is 0 Å². The molecule has 1 N–H and O–H groups in total. The van der Waals surface area contributed by atoms with Crippen LogP contribution in [-0.4, -0.2) is 24.3 Å². The number of imidazole rings is 1. The first kappa shape index (κ1) is 15.5. The maximum Gasteiger partial charge on any atom is 0.251 e. The fourth-order valence-electron chi connectivity index (χ4n) is 2.30. The highest BCUT2D eigenvalue weighted by Crippen LogP contribution is 2.20. The Balaban J connectivity index is 2.15. The number of rotatable bonds is 5. The standard InChI is InChI=1S/C17H14FN5O/c1-3-4-12(11(2)18)9-13-17-20-7-8-23(17)10-14(21-13)16-19-6-5-15(24)22-16/h3-8,10H,1-2,9H2,(H,19,22,24)/b12-4-. The molecule has 0 spiro atoms. The largest absolute Gasteiger partial charge is 0.305 e. The van der Waals surface area contributed by atoms with Crippen molar-refractivity contribution >= 4 is 5.65 Å². The molecule has 0 aliphatic carbocycles. The van der Waals surface area contributed by atoms with Crippen LogP contribution in [0.1, 0.15) is 5.69 Å². The summed E-state index contributed by atoms with van der Waals surface area (Å²) in [7, 11) is 0. The molecule has 24 heavy (non-hydrogen) atoms. The molecule has 3 aromatic rings. The highest BCUT2D eigenvalue weighted by atomic mass is 19.1. The lowest BCUT2D eigenvalue weighted by Crippen LogP contribution is -2.08. The minimum absolute atomic E-state index is 0.187. The zero-order chi connectivity index (χ0) is 17.1. The SMILES string of the molecule is C=C/C=C(/Cc1nc(-c2nccc(=O)[nH]2)cn2ccnc12)C(=C)F. The summed E-state index contributed by atoms with van der Waals surface area (Å²) in [5.74, 6) is -0.231. The van der Waals surface area contributed by atoms with Crippen LogP contribution < -0.4 is 5.56 Å². The second kappa shape index (κ2) is 6.41. The number of aromatic nitrogens is 5. The minimum atomic E-state index is -0.557.